The minimum absolute atomic E-state index is 0. The average Bonchev–Trinajstić information content (AvgIpc) is 1.86. The Hall–Kier alpha value is 0.730. The van der Waals surface area contributed by atoms with Gasteiger partial charge in [-0.1, -0.05) is 47.0 Å². The van der Waals surface area contributed by atoms with Crippen molar-refractivity contribution in [3.8, 4) is 0 Å². The molecule has 0 radical (unpaired) electrons. The zero-order valence-corrected chi connectivity index (χ0v) is 11.2. The molecule has 0 amide bonds. The van der Waals surface area contributed by atoms with Crippen molar-refractivity contribution in [2.45, 2.75) is 53.4 Å². The van der Waals surface area contributed by atoms with Crippen LogP contribution in [0.2, 0.25) is 0 Å². The van der Waals surface area contributed by atoms with Gasteiger partial charge >= 0.3 is 0 Å². The topological polar surface area (TPSA) is 0 Å². The molecule has 74 valence electrons. The molecular formula is C11H23I. The summed E-state index contributed by atoms with van der Waals surface area (Å²) in [5, 5.41) is 0. The predicted octanol–water partition coefficient (Wildman–Crippen LogP) is 4.48. The Balaban J connectivity index is 0.00000121. The van der Waals surface area contributed by atoms with Gasteiger partial charge < -0.3 is 0 Å². The second-order valence-electron chi connectivity index (χ2n) is 5.23. The lowest BCUT2D eigenvalue weighted by Gasteiger charge is -2.38. The van der Waals surface area contributed by atoms with Gasteiger partial charge in [0.05, 0.1) is 0 Å². The van der Waals surface area contributed by atoms with E-state index in [2.05, 4.69) is 27.7 Å². The lowest BCUT2D eigenvalue weighted by atomic mass is 9.67. The average molecular weight is 282 g/mol. The highest BCUT2D eigenvalue weighted by molar-refractivity contribution is 14.0. The van der Waals surface area contributed by atoms with E-state index in [1.165, 1.54) is 25.7 Å². The number of rotatable bonds is 0. The molecule has 0 aromatic carbocycles. The fraction of sp³-hybridized carbons (Fsp3) is 1.00. The summed E-state index contributed by atoms with van der Waals surface area (Å²) in [4.78, 5) is 0. The first-order valence-corrected chi connectivity index (χ1v) is 5.02. The summed E-state index contributed by atoms with van der Waals surface area (Å²) in [7, 11) is 0. The van der Waals surface area contributed by atoms with E-state index >= 15 is 0 Å². The summed E-state index contributed by atoms with van der Waals surface area (Å²) in [5.74, 6) is 1.93. The molecule has 0 aliphatic heterocycles. The van der Waals surface area contributed by atoms with Gasteiger partial charge in [-0.05, 0) is 23.7 Å². The Bertz CT molecular complexity index is 123. The van der Waals surface area contributed by atoms with Gasteiger partial charge in [-0.25, -0.2) is 0 Å². The Morgan fingerprint density at radius 2 is 1.50 bits per heavy atom. The van der Waals surface area contributed by atoms with Crippen LogP contribution in [0.4, 0.5) is 0 Å². The van der Waals surface area contributed by atoms with E-state index in [-0.39, 0.29) is 24.0 Å². The van der Waals surface area contributed by atoms with Gasteiger partial charge in [0.1, 0.15) is 0 Å². The largest absolute Gasteiger partial charge is 0.107 e. The van der Waals surface area contributed by atoms with E-state index < -0.39 is 0 Å². The second-order valence-corrected chi connectivity index (χ2v) is 5.23. The van der Waals surface area contributed by atoms with Crippen molar-refractivity contribution < 1.29 is 0 Å². The van der Waals surface area contributed by atoms with Gasteiger partial charge in [0.15, 0.2) is 0 Å². The normalized spacial score (nSPS) is 31.0. The minimum Gasteiger partial charge on any atom is -0.107 e. The molecule has 2 atom stereocenters. The van der Waals surface area contributed by atoms with E-state index in [9.17, 15) is 0 Å². The molecule has 0 saturated heterocycles. The molecular weight excluding hydrogens is 259 g/mol. The van der Waals surface area contributed by atoms with Gasteiger partial charge in [-0.15, -0.1) is 24.0 Å². The molecule has 0 N–H and O–H groups in total. The van der Waals surface area contributed by atoms with Crippen LogP contribution in [0.3, 0.4) is 0 Å². The van der Waals surface area contributed by atoms with Gasteiger partial charge in [-0.3, -0.25) is 0 Å². The van der Waals surface area contributed by atoms with Gasteiger partial charge in [0.25, 0.3) is 0 Å². The lowest BCUT2D eigenvalue weighted by molar-refractivity contribution is 0.119. The molecule has 2 unspecified atom stereocenters. The summed E-state index contributed by atoms with van der Waals surface area (Å²) in [6.45, 7) is 9.59. The molecule has 0 bridgehead atoms. The van der Waals surface area contributed by atoms with Crippen molar-refractivity contribution in [2.24, 2.45) is 17.3 Å². The zero-order valence-electron chi connectivity index (χ0n) is 8.89. The fourth-order valence-electron chi connectivity index (χ4n) is 2.60. The molecule has 0 aromatic rings. The predicted molar refractivity (Wildman–Crippen MR) is 66.0 cm³/mol. The summed E-state index contributed by atoms with van der Waals surface area (Å²) in [6, 6.07) is 0. The van der Waals surface area contributed by atoms with Crippen LogP contribution in [0, 0.1) is 17.3 Å². The fourth-order valence-corrected chi connectivity index (χ4v) is 2.60. The van der Waals surface area contributed by atoms with E-state index in [1.54, 1.807) is 0 Å². The van der Waals surface area contributed by atoms with Crippen molar-refractivity contribution in [2.75, 3.05) is 0 Å². The Labute approximate surface area is 94.5 Å². The van der Waals surface area contributed by atoms with Gasteiger partial charge in [0, 0.05) is 0 Å². The van der Waals surface area contributed by atoms with Gasteiger partial charge in [0.2, 0.25) is 0 Å². The maximum atomic E-state index is 2.43. The highest BCUT2D eigenvalue weighted by atomic mass is 127. The first kappa shape index (κ1) is 12.7. The van der Waals surface area contributed by atoms with E-state index in [4.69, 9.17) is 0 Å². The summed E-state index contributed by atoms with van der Waals surface area (Å²) in [6.07, 6.45) is 5.85. The standard InChI is InChI=1S/C11H22.HI/c1-9-7-5-6-8-10(9)11(2,3)4;/h9-10H,5-8H2,1-4H3;1H. The van der Waals surface area contributed by atoms with Crippen LogP contribution in [0.5, 0.6) is 0 Å². The summed E-state index contributed by atoms with van der Waals surface area (Å²) < 4.78 is 0. The monoisotopic (exact) mass is 282 g/mol. The number of halogens is 1. The Morgan fingerprint density at radius 1 is 1.00 bits per heavy atom. The first-order valence-electron chi connectivity index (χ1n) is 5.02. The highest BCUT2D eigenvalue weighted by Gasteiger charge is 2.30. The minimum atomic E-state index is 0. The second kappa shape index (κ2) is 4.83. The van der Waals surface area contributed by atoms with Crippen molar-refractivity contribution in [1.29, 1.82) is 0 Å². The molecule has 1 fully saturated rings. The van der Waals surface area contributed by atoms with Crippen LogP contribution < -0.4 is 0 Å². The molecule has 0 aromatic heterocycles. The van der Waals surface area contributed by atoms with Crippen LogP contribution in [-0.4, -0.2) is 0 Å². The zero-order chi connectivity index (χ0) is 8.48. The van der Waals surface area contributed by atoms with E-state index in [1.807, 2.05) is 0 Å². The highest BCUT2D eigenvalue weighted by Crippen LogP contribution is 2.41. The Morgan fingerprint density at radius 3 is 1.83 bits per heavy atom. The molecule has 0 heterocycles. The van der Waals surface area contributed by atoms with Crippen molar-refractivity contribution in [1.82, 2.24) is 0 Å². The molecule has 12 heavy (non-hydrogen) atoms. The molecule has 0 spiro atoms. The molecule has 1 heteroatoms. The maximum Gasteiger partial charge on any atom is -0.0340 e. The summed E-state index contributed by atoms with van der Waals surface area (Å²) in [5.41, 5.74) is 0.542. The van der Waals surface area contributed by atoms with Crippen molar-refractivity contribution in [3.63, 3.8) is 0 Å². The SMILES string of the molecule is CC1CCCCC1C(C)(C)C.I. The smallest absolute Gasteiger partial charge is 0.0340 e. The third-order valence-corrected chi connectivity index (χ3v) is 3.22. The van der Waals surface area contributed by atoms with Crippen LogP contribution in [0.25, 0.3) is 0 Å². The first-order chi connectivity index (χ1) is 5.02. The van der Waals surface area contributed by atoms with Gasteiger partial charge in [-0.2, -0.15) is 0 Å². The molecule has 1 rings (SSSR count). The van der Waals surface area contributed by atoms with Crippen LogP contribution in [-0.2, 0) is 0 Å². The van der Waals surface area contributed by atoms with Crippen LogP contribution in [0.15, 0.2) is 0 Å². The van der Waals surface area contributed by atoms with Crippen LogP contribution >= 0.6 is 24.0 Å². The lowest BCUT2D eigenvalue weighted by Crippen LogP contribution is -2.29. The third kappa shape index (κ3) is 3.23. The third-order valence-electron chi connectivity index (χ3n) is 3.22. The molecule has 1 saturated carbocycles. The number of hydrogen-bond acceptors (Lipinski definition) is 0. The Kier molecular flexibility index (Phi) is 5.12. The van der Waals surface area contributed by atoms with E-state index in [0.29, 0.717) is 5.41 Å². The summed E-state index contributed by atoms with van der Waals surface area (Å²) >= 11 is 0. The van der Waals surface area contributed by atoms with E-state index in [0.717, 1.165) is 11.8 Å². The van der Waals surface area contributed by atoms with Crippen molar-refractivity contribution >= 4 is 24.0 Å². The quantitative estimate of drug-likeness (QED) is 0.575. The van der Waals surface area contributed by atoms with Crippen molar-refractivity contribution in [3.05, 3.63) is 0 Å². The molecule has 1 aliphatic carbocycles. The van der Waals surface area contributed by atoms with Crippen LogP contribution in [0.1, 0.15) is 53.4 Å². The maximum absolute atomic E-state index is 2.43. The molecule has 1 aliphatic rings. The number of hydrogen-bond donors (Lipinski definition) is 0. The molecule has 0 nitrogen and oxygen atoms in total.